The first kappa shape index (κ1) is 17.7. The predicted octanol–water partition coefficient (Wildman–Crippen LogP) is 3.32. The van der Waals surface area contributed by atoms with Crippen molar-refractivity contribution >= 4 is 18.2 Å². The van der Waals surface area contributed by atoms with Crippen molar-refractivity contribution in [3.63, 3.8) is 0 Å². The van der Waals surface area contributed by atoms with Gasteiger partial charge < -0.3 is 10.8 Å². The van der Waals surface area contributed by atoms with Crippen LogP contribution in [-0.4, -0.2) is 23.0 Å². The van der Waals surface area contributed by atoms with Gasteiger partial charge in [0, 0.05) is 17.9 Å². The van der Waals surface area contributed by atoms with Crippen LogP contribution in [0.4, 0.5) is 0 Å². The number of aliphatic hydroxyl groups excluding tert-OH is 1. The minimum absolute atomic E-state index is 0. The first-order chi connectivity index (χ1) is 10.4. The highest BCUT2D eigenvalue weighted by Gasteiger charge is 2.60. The van der Waals surface area contributed by atoms with Crippen molar-refractivity contribution in [3.8, 4) is 0 Å². The number of carbonyl (C=O) groups excluding carboxylic acids is 1. The topological polar surface area (TPSA) is 63.3 Å². The Hall–Kier alpha value is -0.120. The van der Waals surface area contributed by atoms with Crippen LogP contribution >= 0.6 is 12.4 Å². The molecule has 3 nitrogen and oxygen atoms in total. The second-order valence-corrected chi connectivity index (χ2v) is 9.25. The van der Waals surface area contributed by atoms with Crippen molar-refractivity contribution in [1.29, 1.82) is 0 Å². The van der Waals surface area contributed by atoms with Gasteiger partial charge in [-0.25, -0.2) is 0 Å². The number of fused-ring (bicyclic) bond motifs is 5. The van der Waals surface area contributed by atoms with Crippen LogP contribution in [-0.2, 0) is 4.79 Å². The predicted molar refractivity (Wildman–Crippen MR) is 93.3 cm³/mol. The normalized spacial score (nSPS) is 55.4. The minimum Gasteiger partial charge on any atom is -0.391 e. The summed E-state index contributed by atoms with van der Waals surface area (Å²) in [6.07, 6.45) is 8.22. The SMILES string of the molecule is C[C@]12C[C@H](O)[C@@H](N)C[C@@H]1CC[C@@H]1[C@@H]2CC[C@]2(C)C(=O)CC[C@@H]12.Cl. The number of Topliss-reactive ketones (excluding diaryl/α,β-unsaturated/α-hetero) is 1. The Morgan fingerprint density at radius 1 is 1.13 bits per heavy atom. The van der Waals surface area contributed by atoms with Crippen LogP contribution in [0, 0.1) is 34.5 Å². The van der Waals surface area contributed by atoms with Crippen LogP contribution in [0.5, 0.6) is 0 Å². The molecule has 0 radical (unpaired) electrons. The first-order valence-corrected chi connectivity index (χ1v) is 9.33. The zero-order valence-corrected chi connectivity index (χ0v) is 15.3. The fourth-order valence-corrected chi connectivity index (χ4v) is 7.10. The minimum atomic E-state index is -0.335. The lowest BCUT2D eigenvalue weighted by Crippen LogP contribution is -2.58. The molecule has 23 heavy (non-hydrogen) atoms. The summed E-state index contributed by atoms with van der Waals surface area (Å²) in [5.74, 6) is 3.19. The number of ketones is 1. The van der Waals surface area contributed by atoms with Gasteiger partial charge in [-0.1, -0.05) is 13.8 Å². The number of rotatable bonds is 0. The maximum Gasteiger partial charge on any atom is 0.139 e. The summed E-state index contributed by atoms with van der Waals surface area (Å²) in [4.78, 5) is 12.4. The molecule has 0 unspecified atom stereocenters. The van der Waals surface area contributed by atoms with E-state index in [1.807, 2.05) is 0 Å². The molecule has 0 spiro atoms. The fourth-order valence-electron chi connectivity index (χ4n) is 7.10. The van der Waals surface area contributed by atoms with Gasteiger partial charge in [0.05, 0.1) is 6.10 Å². The van der Waals surface area contributed by atoms with Crippen LogP contribution in [0.3, 0.4) is 0 Å². The highest BCUT2D eigenvalue weighted by atomic mass is 35.5. The molecule has 4 aliphatic rings. The Morgan fingerprint density at radius 3 is 2.61 bits per heavy atom. The zero-order valence-electron chi connectivity index (χ0n) is 14.5. The second-order valence-electron chi connectivity index (χ2n) is 9.25. The molecule has 3 N–H and O–H groups in total. The van der Waals surface area contributed by atoms with Gasteiger partial charge in [0.25, 0.3) is 0 Å². The van der Waals surface area contributed by atoms with Crippen molar-refractivity contribution in [2.45, 2.75) is 77.4 Å². The number of hydrogen-bond donors (Lipinski definition) is 2. The van der Waals surface area contributed by atoms with E-state index in [2.05, 4.69) is 13.8 Å². The van der Waals surface area contributed by atoms with Crippen molar-refractivity contribution < 1.29 is 9.90 Å². The van der Waals surface area contributed by atoms with Crippen LogP contribution < -0.4 is 5.73 Å². The highest BCUT2D eigenvalue weighted by molar-refractivity contribution is 5.87. The number of hydrogen-bond acceptors (Lipinski definition) is 3. The van der Waals surface area contributed by atoms with Crippen LogP contribution in [0.25, 0.3) is 0 Å². The van der Waals surface area contributed by atoms with Gasteiger partial charge >= 0.3 is 0 Å². The summed E-state index contributed by atoms with van der Waals surface area (Å²) in [5.41, 5.74) is 6.35. The van der Waals surface area contributed by atoms with E-state index in [9.17, 15) is 9.90 Å². The van der Waals surface area contributed by atoms with Crippen molar-refractivity contribution in [2.75, 3.05) is 0 Å². The van der Waals surface area contributed by atoms with Gasteiger partial charge in [0.2, 0.25) is 0 Å². The molecule has 0 aliphatic heterocycles. The number of aliphatic hydroxyl groups is 1. The van der Waals surface area contributed by atoms with Crippen LogP contribution in [0.2, 0.25) is 0 Å². The van der Waals surface area contributed by atoms with Gasteiger partial charge in [-0.2, -0.15) is 0 Å². The van der Waals surface area contributed by atoms with Gasteiger partial charge in [0.1, 0.15) is 5.78 Å². The zero-order chi connectivity index (χ0) is 15.7. The average Bonchev–Trinajstić information content (AvgIpc) is 2.77. The third kappa shape index (κ3) is 2.33. The average molecular weight is 342 g/mol. The molecule has 4 saturated carbocycles. The standard InChI is InChI=1S/C19H31NO2.ClH/c1-18-8-7-14-12(13(18)5-6-17(18)22)4-3-11-9-15(20)16(21)10-19(11,14)2;/h11-16,21H,3-10,20H2,1-2H3;1H/t11-,12-,13-,14-,15-,16-,18-,19-;/m0./s1. The van der Waals surface area contributed by atoms with Crippen LogP contribution in [0.1, 0.15) is 65.2 Å². The highest BCUT2D eigenvalue weighted by Crippen LogP contribution is 2.65. The Kier molecular flexibility index (Phi) is 4.39. The van der Waals surface area contributed by atoms with Crippen LogP contribution in [0.15, 0.2) is 0 Å². The lowest BCUT2D eigenvalue weighted by atomic mass is 9.45. The second kappa shape index (κ2) is 5.71. The third-order valence-electron chi connectivity index (χ3n) is 8.47. The summed E-state index contributed by atoms with van der Waals surface area (Å²) >= 11 is 0. The van der Waals surface area contributed by atoms with E-state index in [-0.39, 0.29) is 35.4 Å². The summed E-state index contributed by atoms with van der Waals surface area (Å²) in [5, 5.41) is 10.4. The van der Waals surface area contributed by atoms with Crippen molar-refractivity contribution in [2.24, 2.45) is 40.2 Å². The summed E-state index contributed by atoms with van der Waals surface area (Å²) in [7, 11) is 0. The summed E-state index contributed by atoms with van der Waals surface area (Å²) in [6, 6.07) is -0.0310. The van der Waals surface area contributed by atoms with Crippen molar-refractivity contribution in [3.05, 3.63) is 0 Å². The maximum atomic E-state index is 12.4. The Bertz CT molecular complexity index is 498. The van der Waals surface area contributed by atoms with E-state index < -0.39 is 0 Å². The molecule has 4 rings (SSSR count). The van der Waals surface area contributed by atoms with E-state index in [1.54, 1.807) is 0 Å². The fraction of sp³-hybridized carbons (Fsp3) is 0.947. The number of halogens is 1. The molecule has 0 bridgehead atoms. The van der Waals surface area contributed by atoms with E-state index in [4.69, 9.17) is 5.73 Å². The van der Waals surface area contributed by atoms with Crippen molar-refractivity contribution in [1.82, 2.24) is 0 Å². The molecule has 0 aromatic carbocycles. The molecule has 0 aromatic heterocycles. The van der Waals surface area contributed by atoms with E-state index in [0.717, 1.165) is 32.1 Å². The molecule has 0 aromatic rings. The van der Waals surface area contributed by atoms with E-state index in [1.165, 1.54) is 19.3 Å². The lowest BCUT2D eigenvalue weighted by Gasteiger charge is -2.60. The lowest BCUT2D eigenvalue weighted by molar-refractivity contribution is -0.145. The van der Waals surface area contributed by atoms with E-state index >= 15 is 0 Å². The molecule has 4 fully saturated rings. The van der Waals surface area contributed by atoms with Gasteiger partial charge in [0.15, 0.2) is 0 Å². The Balaban J connectivity index is 0.00000156. The molecule has 4 aliphatic carbocycles. The Morgan fingerprint density at radius 2 is 1.87 bits per heavy atom. The molecule has 0 heterocycles. The molecule has 132 valence electrons. The number of carbonyl (C=O) groups is 1. The van der Waals surface area contributed by atoms with Gasteiger partial charge in [-0.15, -0.1) is 12.4 Å². The first-order valence-electron chi connectivity index (χ1n) is 9.33. The molecule has 4 heteroatoms. The monoisotopic (exact) mass is 341 g/mol. The summed E-state index contributed by atoms with van der Waals surface area (Å²) in [6.45, 7) is 4.66. The third-order valence-corrected chi connectivity index (χ3v) is 8.47. The van der Waals surface area contributed by atoms with E-state index in [0.29, 0.717) is 29.5 Å². The number of nitrogens with two attached hydrogens (primary N) is 1. The maximum absolute atomic E-state index is 12.4. The van der Waals surface area contributed by atoms with Gasteiger partial charge in [-0.3, -0.25) is 4.79 Å². The molecule has 0 saturated heterocycles. The Labute approximate surface area is 146 Å². The largest absolute Gasteiger partial charge is 0.391 e. The quantitative estimate of drug-likeness (QED) is 0.710. The smallest absolute Gasteiger partial charge is 0.139 e. The molecule has 8 atom stereocenters. The summed E-state index contributed by atoms with van der Waals surface area (Å²) < 4.78 is 0. The molecular weight excluding hydrogens is 310 g/mol. The molecule has 0 amide bonds. The molecular formula is C19H32ClNO2. The van der Waals surface area contributed by atoms with Gasteiger partial charge in [-0.05, 0) is 74.0 Å².